The number of carbonyl (C=O) groups excluding carboxylic acids is 1. The second-order valence-electron chi connectivity index (χ2n) is 5.05. The van der Waals surface area contributed by atoms with Crippen molar-refractivity contribution in [2.75, 3.05) is 7.05 Å². The van der Waals surface area contributed by atoms with E-state index in [-0.39, 0.29) is 17.1 Å². The van der Waals surface area contributed by atoms with Crippen molar-refractivity contribution < 1.29 is 9.18 Å². The van der Waals surface area contributed by atoms with Crippen LogP contribution >= 0.6 is 0 Å². The smallest absolute Gasteiger partial charge is 0.230 e. The van der Waals surface area contributed by atoms with E-state index in [9.17, 15) is 9.18 Å². The minimum atomic E-state index is -0.477. The fourth-order valence-electron chi connectivity index (χ4n) is 2.58. The van der Waals surface area contributed by atoms with Crippen LogP contribution in [-0.2, 0) is 10.2 Å². The Bertz CT molecular complexity index is 424. The lowest BCUT2D eigenvalue weighted by Crippen LogP contribution is -2.35. The highest BCUT2D eigenvalue weighted by molar-refractivity contribution is 5.92. The van der Waals surface area contributed by atoms with Crippen molar-refractivity contribution in [2.45, 2.75) is 25.7 Å². The highest BCUT2D eigenvalue weighted by Gasteiger charge is 2.66. The van der Waals surface area contributed by atoms with Crippen LogP contribution in [0.1, 0.15) is 25.8 Å². The van der Waals surface area contributed by atoms with E-state index in [4.69, 9.17) is 0 Å². The molecule has 0 heterocycles. The summed E-state index contributed by atoms with van der Waals surface area (Å²) < 4.78 is 12.9. The Hall–Kier alpha value is -1.38. The summed E-state index contributed by atoms with van der Waals surface area (Å²) >= 11 is 0. The van der Waals surface area contributed by atoms with Crippen molar-refractivity contribution in [1.29, 1.82) is 0 Å². The van der Waals surface area contributed by atoms with Crippen LogP contribution in [0.25, 0.3) is 0 Å². The molecule has 0 aromatic heterocycles. The van der Waals surface area contributed by atoms with Crippen molar-refractivity contribution in [2.24, 2.45) is 5.41 Å². The summed E-state index contributed by atoms with van der Waals surface area (Å²) in [4.78, 5) is 12.0. The third-order valence-electron chi connectivity index (χ3n) is 3.69. The summed E-state index contributed by atoms with van der Waals surface area (Å²) in [5.41, 5.74) is 0.374. The predicted molar refractivity (Wildman–Crippen MR) is 60.5 cm³/mol. The first-order valence-electron chi connectivity index (χ1n) is 5.42. The Morgan fingerprint density at radius 3 is 2.19 bits per heavy atom. The van der Waals surface area contributed by atoms with Gasteiger partial charge in [0.1, 0.15) is 5.82 Å². The average molecular weight is 221 g/mol. The summed E-state index contributed by atoms with van der Waals surface area (Å²) in [7, 11) is 1.64. The second kappa shape index (κ2) is 3.30. The van der Waals surface area contributed by atoms with Gasteiger partial charge in [0.2, 0.25) is 5.91 Å². The molecule has 0 radical (unpaired) electrons. The Morgan fingerprint density at radius 2 is 1.81 bits per heavy atom. The average Bonchev–Trinajstić information content (AvgIpc) is 2.83. The molecule has 0 spiro atoms. The molecule has 3 heteroatoms. The molecule has 1 N–H and O–H groups in total. The topological polar surface area (TPSA) is 29.1 Å². The van der Waals surface area contributed by atoms with E-state index in [1.807, 2.05) is 0 Å². The van der Waals surface area contributed by atoms with Gasteiger partial charge in [0.15, 0.2) is 0 Å². The third kappa shape index (κ3) is 1.34. The zero-order chi connectivity index (χ0) is 12.0. The molecule has 1 fully saturated rings. The van der Waals surface area contributed by atoms with Crippen LogP contribution in [0, 0.1) is 11.2 Å². The SMILES string of the molecule is CNC(=O)C1(c2ccc(F)cc2)CC1(C)C. The van der Waals surface area contributed by atoms with Gasteiger partial charge in [-0.2, -0.15) is 0 Å². The van der Waals surface area contributed by atoms with Crippen LogP contribution in [-0.4, -0.2) is 13.0 Å². The number of nitrogens with one attached hydrogen (secondary N) is 1. The Kier molecular flexibility index (Phi) is 2.30. The molecule has 1 atom stereocenters. The highest BCUT2D eigenvalue weighted by Crippen LogP contribution is 2.64. The third-order valence-corrected chi connectivity index (χ3v) is 3.69. The van der Waals surface area contributed by atoms with Crippen LogP contribution in [0.5, 0.6) is 0 Å². The van der Waals surface area contributed by atoms with Gasteiger partial charge in [-0.15, -0.1) is 0 Å². The molecular formula is C13H16FNO. The molecule has 0 bridgehead atoms. The van der Waals surface area contributed by atoms with E-state index in [0.717, 1.165) is 12.0 Å². The van der Waals surface area contributed by atoms with E-state index in [1.165, 1.54) is 12.1 Å². The van der Waals surface area contributed by atoms with Gasteiger partial charge >= 0.3 is 0 Å². The number of carbonyl (C=O) groups is 1. The second-order valence-corrected chi connectivity index (χ2v) is 5.05. The fraction of sp³-hybridized carbons (Fsp3) is 0.462. The number of hydrogen-bond donors (Lipinski definition) is 1. The Balaban J connectivity index is 2.43. The van der Waals surface area contributed by atoms with Crippen LogP contribution in [0.15, 0.2) is 24.3 Å². The molecule has 0 aliphatic heterocycles. The molecule has 1 aliphatic rings. The summed E-state index contributed by atoms with van der Waals surface area (Å²) in [6, 6.07) is 6.24. The van der Waals surface area contributed by atoms with Crippen molar-refractivity contribution in [3.8, 4) is 0 Å². The van der Waals surface area contributed by atoms with Gasteiger partial charge < -0.3 is 5.32 Å². The summed E-state index contributed by atoms with van der Waals surface area (Å²) in [6.45, 7) is 4.12. The predicted octanol–water partition coefficient (Wildman–Crippen LogP) is 2.24. The van der Waals surface area contributed by atoms with E-state index in [0.29, 0.717) is 0 Å². The standard InChI is InChI=1S/C13H16FNO/c1-12(2)8-13(12,11(16)15-3)9-4-6-10(14)7-5-9/h4-7H,8H2,1-3H3,(H,15,16). The van der Waals surface area contributed by atoms with Crippen LogP contribution in [0.2, 0.25) is 0 Å². The van der Waals surface area contributed by atoms with Crippen molar-refractivity contribution >= 4 is 5.91 Å². The molecule has 86 valence electrons. The van der Waals surface area contributed by atoms with Gasteiger partial charge in [0, 0.05) is 7.05 Å². The number of hydrogen-bond acceptors (Lipinski definition) is 1. The van der Waals surface area contributed by atoms with E-state index < -0.39 is 5.41 Å². The van der Waals surface area contributed by atoms with E-state index >= 15 is 0 Å². The molecule has 2 nitrogen and oxygen atoms in total. The van der Waals surface area contributed by atoms with Crippen molar-refractivity contribution in [3.63, 3.8) is 0 Å². The summed E-state index contributed by atoms with van der Waals surface area (Å²) in [5.74, 6) is -0.252. The molecule has 1 aromatic rings. The van der Waals surface area contributed by atoms with Crippen LogP contribution in [0.3, 0.4) is 0 Å². The maximum absolute atomic E-state index is 12.9. The minimum Gasteiger partial charge on any atom is -0.358 e. The molecule has 2 rings (SSSR count). The Morgan fingerprint density at radius 1 is 1.31 bits per heavy atom. The van der Waals surface area contributed by atoms with E-state index in [2.05, 4.69) is 19.2 Å². The van der Waals surface area contributed by atoms with Gasteiger partial charge in [-0.25, -0.2) is 4.39 Å². The number of amides is 1. The van der Waals surface area contributed by atoms with Gasteiger partial charge in [0.25, 0.3) is 0 Å². The normalized spacial score (nSPS) is 26.2. The first kappa shape index (κ1) is 11.1. The van der Waals surface area contributed by atoms with Gasteiger partial charge in [-0.3, -0.25) is 4.79 Å². The maximum atomic E-state index is 12.9. The maximum Gasteiger partial charge on any atom is 0.230 e. The molecule has 0 saturated heterocycles. The first-order valence-corrected chi connectivity index (χ1v) is 5.42. The first-order chi connectivity index (χ1) is 7.44. The van der Waals surface area contributed by atoms with Crippen molar-refractivity contribution in [3.05, 3.63) is 35.6 Å². The molecule has 1 aromatic carbocycles. The minimum absolute atomic E-state index is 0.0177. The highest BCUT2D eigenvalue weighted by atomic mass is 19.1. The zero-order valence-corrected chi connectivity index (χ0v) is 9.80. The molecule has 1 saturated carbocycles. The van der Waals surface area contributed by atoms with Gasteiger partial charge in [-0.1, -0.05) is 26.0 Å². The lowest BCUT2D eigenvalue weighted by Gasteiger charge is -2.19. The molecular weight excluding hydrogens is 205 g/mol. The molecule has 1 unspecified atom stereocenters. The quantitative estimate of drug-likeness (QED) is 0.815. The van der Waals surface area contributed by atoms with Crippen LogP contribution in [0.4, 0.5) is 4.39 Å². The summed E-state index contributed by atoms with van der Waals surface area (Å²) in [6.07, 6.45) is 0.811. The van der Waals surface area contributed by atoms with Gasteiger partial charge in [0.05, 0.1) is 5.41 Å². The Labute approximate surface area is 94.9 Å². The lowest BCUT2D eigenvalue weighted by atomic mass is 9.87. The lowest BCUT2D eigenvalue weighted by molar-refractivity contribution is -0.123. The van der Waals surface area contributed by atoms with E-state index in [1.54, 1.807) is 19.2 Å². The molecule has 1 aliphatic carbocycles. The number of halogens is 1. The van der Waals surface area contributed by atoms with Crippen molar-refractivity contribution in [1.82, 2.24) is 5.32 Å². The number of benzene rings is 1. The fourth-order valence-corrected chi connectivity index (χ4v) is 2.58. The number of rotatable bonds is 2. The van der Waals surface area contributed by atoms with Gasteiger partial charge in [-0.05, 0) is 29.5 Å². The largest absolute Gasteiger partial charge is 0.358 e. The molecule has 1 amide bonds. The van der Waals surface area contributed by atoms with Crippen LogP contribution < -0.4 is 5.32 Å². The molecule has 16 heavy (non-hydrogen) atoms. The zero-order valence-electron chi connectivity index (χ0n) is 9.80. The number of likely N-dealkylation sites (N-methyl/N-ethyl adjacent to an activating group) is 1. The summed E-state index contributed by atoms with van der Waals surface area (Å²) in [5, 5.41) is 2.70. The monoisotopic (exact) mass is 221 g/mol.